The molecule has 2 aromatic carbocycles. The lowest BCUT2D eigenvalue weighted by Gasteiger charge is -2.21. The topological polar surface area (TPSA) is 46.2 Å². The Balaban J connectivity index is 2.26. The summed E-state index contributed by atoms with van der Waals surface area (Å²) in [6, 6.07) is 6.04. The Labute approximate surface area is 141 Å². The molecule has 126 valence electrons. The molecule has 0 fully saturated rings. The van der Waals surface area contributed by atoms with Crippen LogP contribution in [-0.2, 0) is 6.42 Å². The zero-order valence-corrected chi connectivity index (χ0v) is 14.2. The summed E-state index contributed by atoms with van der Waals surface area (Å²) in [7, 11) is 0. The lowest BCUT2D eigenvalue weighted by atomic mass is 9.96. The van der Waals surface area contributed by atoms with E-state index in [0.717, 1.165) is 17.6 Å². The molecule has 3 nitrogen and oxygen atoms in total. The molecule has 0 aromatic heterocycles. The summed E-state index contributed by atoms with van der Waals surface area (Å²) in [6.45, 7) is 5.79. The first-order valence-electron chi connectivity index (χ1n) is 8.13. The Hall–Kier alpha value is -2.49. The van der Waals surface area contributed by atoms with Gasteiger partial charge >= 0.3 is 0 Å². The zero-order chi connectivity index (χ0) is 17.7. The highest BCUT2D eigenvalue weighted by atomic mass is 19.1. The first kappa shape index (κ1) is 17.9. The van der Waals surface area contributed by atoms with E-state index in [-0.39, 0.29) is 11.9 Å². The van der Waals surface area contributed by atoms with Crippen LogP contribution in [0.15, 0.2) is 57.7 Å². The lowest BCUT2D eigenvalue weighted by Crippen LogP contribution is -2.39. The predicted molar refractivity (Wildman–Crippen MR) is 96.7 cm³/mol. The van der Waals surface area contributed by atoms with E-state index < -0.39 is 10.9 Å². The van der Waals surface area contributed by atoms with Crippen LogP contribution in [0.1, 0.15) is 44.4 Å². The maximum atomic E-state index is 13.1. The van der Waals surface area contributed by atoms with Crippen molar-refractivity contribution in [3.63, 3.8) is 0 Å². The molecule has 2 aromatic rings. The smallest absolute Gasteiger partial charge is 0.249 e. The minimum Gasteiger partial charge on any atom is -0.375 e. The van der Waals surface area contributed by atoms with Crippen molar-refractivity contribution < 1.29 is 4.39 Å². The van der Waals surface area contributed by atoms with Crippen molar-refractivity contribution in [3.8, 4) is 0 Å². The Morgan fingerprint density at radius 3 is 2.38 bits per heavy atom. The van der Waals surface area contributed by atoms with E-state index in [1.54, 1.807) is 12.1 Å². The van der Waals surface area contributed by atoms with E-state index in [9.17, 15) is 14.0 Å². The van der Waals surface area contributed by atoms with Gasteiger partial charge in [0.2, 0.25) is 10.9 Å². The van der Waals surface area contributed by atoms with Crippen molar-refractivity contribution >= 4 is 5.69 Å². The van der Waals surface area contributed by atoms with Crippen LogP contribution in [0.4, 0.5) is 10.1 Å². The highest BCUT2D eigenvalue weighted by molar-refractivity contribution is 5.59. The van der Waals surface area contributed by atoms with Crippen LogP contribution in [-0.4, -0.2) is 0 Å². The molecule has 0 saturated carbocycles. The van der Waals surface area contributed by atoms with E-state index in [0.29, 0.717) is 17.7 Å². The number of anilines is 1. The third kappa shape index (κ3) is 3.70. The highest BCUT2D eigenvalue weighted by Gasteiger charge is 2.23. The molecule has 24 heavy (non-hydrogen) atoms. The number of allylic oxidation sites excluding steroid dienone is 4. The molecule has 0 aliphatic heterocycles. The van der Waals surface area contributed by atoms with Gasteiger partial charge in [-0.1, -0.05) is 37.3 Å². The summed E-state index contributed by atoms with van der Waals surface area (Å²) in [5.74, 6) is -0.299. The largest absolute Gasteiger partial charge is 0.375 e. The van der Waals surface area contributed by atoms with Crippen molar-refractivity contribution in [1.29, 1.82) is 0 Å². The van der Waals surface area contributed by atoms with Gasteiger partial charge in [-0.25, -0.2) is 4.39 Å². The zero-order valence-electron chi connectivity index (χ0n) is 14.2. The molecule has 0 aliphatic carbocycles. The number of nitrogens with one attached hydrogen (secondary N) is 1. The Morgan fingerprint density at radius 1 is 1.17 bits per heavy atom. The molecular formula is C20H22FNO2. The highest BCUT2D eigenvalue weighted by Crippen LogP contribution is 2.24. The number of benzene rings is 1. The molecule has 0 amide bonds. The lowest BCUT2D eigenvalue weighted by molar-refractivity contribution is 0.625. The maximum absolute atomic E-state index is 13.1. The Bertz CT molecular complexity index is 824. The summed E-state index contributed by atoms with van der Waals surface area (Å²) in [6.07, 6.45) is 6.92. The van der Waals surface area contributed by atoms with Gasteiger partial charge in [-0.2, -0.15) is 0 Å². The van der Waals surface area contributed by atoms with Gasteiger partial charge in [-0.05, 0) is 43.5 Å². The van der Waals surface area contributed by atoms with Crippen molar-refractivity contribution in [3.05, 3.63) is 85.5 Å². The average molecular weight is 327 g/mol. The molecule has 0 heterocycles. The summed E-state index contributed by atoms with van der Waals surface area (Å²) in [5, 5.41) is 3.18. The SMILES string of the molecule is C/C=C\C(=C/C)Cc1c(NC(CC)c2ccc(F)cc2)c(=O)c1=O. The van der Waals surface area contributed by atoms with Gasteiger partial charge in [0.15, 0.2) is 0 Å². The van der Waals surface area contributed by atoms with Gasteiger partial charge < -0.3 is 5.32 Å². The standard InChI is InChI=1S/C20H22FNO2/c1-4-7-13(5-2)12-16-18(20(24)19(16)23)22-17(6-3)14-8-10-15(21)11-9-14/h4-5,7-11,17,22H,6,12H2,1-3H3/b7-4-,13-5+. The van der Waals surface area contributed by atoms with Gasteiger partial charge in [0.1, 0.15) is 5.82 Å². The number of hydrogen-bond donors (Lipinski definition) is 1. The fourth-order valence-corrected chi connectivity index (χ4v) is 2.73. The normalized spacial score (nSPS) is 13.6. The monoisotopic (exact) mass is 327 g/mol. The quantitative estimate of drug-likeness (QED) is 0.616. The van der Waals surface area contributed by atoms with Crippen LogP contribution in [0.2, 0.25) is 0 Å². The van der Waals surface area contributed by atoms with E-state index in [1.807, 2.05) is 39.0 Å². The minimum atomic E-state index is -0.471. The average Bonchev–Trinajstić information content (AvgIpc) is 2.60. The molecule has 1 N–H and O–H groups in total. The predicted octanol–water partition coefficient (Wildman–Crippen LogP) is 4.05. The summed E-state index contributed by atoms with van der Waals surface area (Å²) >= 11 is 0. The molecule has 1 unspecified atom stereocenters. The summed E-state index contributed by atoms with van der Waals surface area (Å²) < 4.78 is 13.1. The first-order chi connectivity index (χ1) is 11.5. The van der Waals surface area contributed by atoms with Crippen LogP contribution in [0.5, 0.6) is 0 Å². The van der Waals surface area contributed by atoms with E-state index in [4.69, 9.17) is 0 Å². The van der Waals surface area contributed by atoms with Crippen LogP contribution >= 0.6 is 0 Å². The van der Waals surface area contributed by atoms with E-state index in [2.05, 4.69) is 5.32 Å². The molecule has 0 saturated heterocycles. The Kier molecular flexibility index (Phi) is 5.85. The van der Waals surface area contributed by atoms with Gasteiger partial charge in [-0.15, -0.1) is 0 Å². The second kappa shape index (κ2) is 7.86. The van der Waals surface area contributed by atoms with Crippen LogP contribution in [0.25, 0.3) is 0 Å². The van der Waals surface area contributed by atoms with Gasteiger partial charge in [-0.3, -0.25) is 9.59 Å². The third-order valence-corrected chi connectivity index (χ3v) is 4.14. The number of hydrogen-bond acceptors (Lipinski definition) is 3. The van der Waals surface area contributed by atoms with Crippen molar-refractivity contribution in [2.75, 3.05) is 5.32 Å². The summed E-state index contributed by atoms with van der Waals surface area (Å²) in [5.41, 5.74) is 1.89. The first-order valence-corrected chi connectivity index (χ1v) is 8.13. The van der Waals surface area contributed by atoms with Gasteiger partial charge in [0.25, 0.3) is 0 Å². The fraction of sp³-hybridized carbons (Fsp3) is 0.300. The van der Waals surface area contributed by atoms with Gasteiger partial charge in [0, 0.05) is 12.0 Å². The molecule has 4 heteroatoms. The molecule has 1 atom stereocenters. The number of rotatable bonds is 7. The maximum Gasteiger partial charge on any atom is 0.249 e. The molecule has 0 aliphatic rings. The van der Waals surface area contributed by atoms with Crippen molar-refractivity contribution in [2.45, 2.75) is 39.7 Å². The van der Waals surface area contributed by atoms with E-state index in [1.165, 1.54) is 12.1 Å². The molecule has 0 bridgehead atoms. The second-order valence-corrected chi connectivity index (χ2v) is 5.71. The number of halogens is 1. The third-order valence-electron chi connectivity index (χ3n) is 4.14. The second-order valence-electron chi connectivity index (χ2n) is 5.71. The fourth-order valence-electron chi connectivity index (χ4n) is 2.73. The van der Waals surface area contributed by atoms with Crippen LogP contribution < -0.4 is 16.2 Å². The summed E-state index contributed by atoms with van der Waals surface area (Å²) in [4.78, 5) is 23.9. The van der Waals surface area contributed by atoms with Crippen molar-refractivity contribution in [1.82, 2.24) is 0 Å². The minimum absolute atomic E-state index is 0.136. The van der Waals surface area contributed by atoms with Crippen LogP contribution in [0.3, 0.4) is 0 Å². The molecule has 0 radical (unpaired) electrons. The Morgan fingerprint density at radius 2 is 1.83 bits per heavy atom. The molecule has 2 rings (SSSR count). The van der Waals surface area contributed by atoms with Crippen molar-refractivity contribution in [2.24, 2.45) is 0 Å². The van der Waals surface area contributed by atoms with Gasteiger partial charge in [0.05, 0.1) is 11.7 Å². The van der Waals surface area contributed by atoms with Crippen LogP contribution in [0, 0.1) is 5.82 Å². The van der Waals surface area contributed by atoms with E-state index >= 15 is 0 Å². The molecular weight excluding hydrogens is 305 g/mol. The molecule has 0 spiro atoms.